The first-order chi connectivity index (χ1) is 23.4. The molecule has 0 spiro atoms. The number of halogens is 1. The first kappa shape index (κ1) is 36.9. The molecular weight excluding hydrogens is 640 g/mol. The second-order valence-electron chi connectivity index (χ2n) is 15.4. The van der Waals surface area contributed by atoms with Crippen molar-refractivity contribution in [3.63, 3.8) is 0 Å². The molecule has 2 fully saturated rings. The molecule has 1 atom stereocenters. The van der Waals surface area contributed by atoms with Gasteiger partial charge in [0.05, 0.1) is 11.4 Å². The first-order valence-electron chi connectivity index (χ1n) is 18.3. The van der Waals surface area contributed by atoms with Crippen LogP contribution < -0.4 is 11.1 Å². The van der Waals surface area contributed by atoms with E-state index in [1.807, 2.05) is 13.8 Å². The minimum atomic E-state index is -1.23. The minimum absolute atomic E-state index is 0.0660. The third kappa shape index (κ3) is 8.68. The number of anilines is 1. The molecule has 5 rings (SSSR count). The van der Waals surface area contributed by atoms with Crippen molar-refractivity contribution in [2.45, 2.75) is 130 Å². The van der Waals surface area contributed by atoms with Crippen LogP contribution in [0.4, 0.5) is 10.2 Å². The van der Waals surface area contributed by atoms with E-state index >= 15 is 4.39 Å². The van der Waals surface area contributed by atoms with Gasteiger partial charge in [-0.05, 0) is 56.2 Å². The fraction of sp³-hybridized carbons (Fsp3) is 0.649. The summed E-state index contributed by atoms with van der Waals surface area (Å²) in [4.78, 5) is 31.4. The molecule has 3 N–H and O–H groups in total. The standard InChI is InChI=1S/C37H55FN6O4Si/c1-7-28-30(23(2)42-44(28)22-47-20-21-49(4,5)6)27-18-19-29(40-35(27)38)41-37(46)33(34-31(36(39)45)24(3)43-48-34)32(25-14-10-8-11-15-25)26-16-12-9-13-17-26/h18-19,25-26,32-33H,7-17,20-22H2,1-6H3,(H2,39,45)(H,40,41,46)/t33-/m0/s1. The monoisotopic (exact) mass is 694 g/mol. The fourth-order valence-corrected chi connectivity index (χ4v) is 8.96. The van der Waals surface area contributed by atoms with E-state index in [2.05, 4.69) is 40.2 Å². The Labute approximate surface area is 291 Å². The van der Waals surface area contributed by atoms with E-state index in [1.54, 1.807) is 23.7 Å². The van der Waals surface area contributed by atoms with Crippen LogP contribution in [-0.4, -0.2) is 46.4 Å². The summed E-state index contributed by atoms with van der Waals surface area (Å²) in [6.07, 6.45) is 11.5. The van der Waals surface area contributed by atoms with Gasteiger partial charge in [-0.3, -0.25) is 9.59 Å². The molecule has 49 heavy (non-hydrogen) atoms. The molecule has 3 aromatic rings. The Kier molecular flexibility index (Phi) is 12.1. The van der Waals surface area contributed by atoms with E-state index in [0.29, 0.717) is 42.3 Å². The lowest BCUT2D eigenvalue weighted by Gasteiger charge is -2.41. The van der Waals surface area contributed by atoms with Gasteiger partial charge in [0.2, 0.25) is 11.9 Å². The highest BCUT2D eigenvalue weighted by atomic mass is 28.3. The van der Waals surface area contributed by atoms with E-state index in [-0.39, 0.29) is 40.8 Å². The van der Waals surface area contributed by atoms with Crippen LogP contribution in [0.2, 0.25) is 25.7 Å². The summed E-state index contributed by atoms with van der Waals surface area (Å²) in [6, 6.07) is 4.33. The van der Waals surface area contributed by atoms with Crippen molar-refractivity contribution in [2.24, 2.45) is 23.5 Å². The van der Waals surface area contributed by atoms with Crippen LogP contribution in [0, 0.1) is 37.5 Å². The number of pyridine rings is 1. The molecule has 2 saturated carbocycles. The van der Waals surface area contributed by atoms with Crippen molar-refractivity contribution in [2.75, 3.05) is 11.9 Å². The van der Waals surface area contributed by atoms with Gasteiger partial charge < -0.3 is 20.3 Å². The van der Waals surface area contributed by atoms with Gasteiger partial charge in [0.25, 0.3) is 5.91 Å². The Morgan fingerprint density at radius 1 is 1.04 bits per heavy atom. The number of carbonyl (C=O) groups is 2. The summed E-state index contributed by atoms with van der Waals surface area (Å²) in [5.41, 5.74) is 8.93. The normalized spacial score (nSPS) is 17.1. The zero-order valence-electron chi connectivity index (χ0n) is 30.2. The number of aromatic nitrogens is 4. The average molecular weight is 695 g/mol. The van der Waals surface area contributed by atoms with Crippen LogP contribution >= 0.6 is 0 Å². The van der Waals surface area contributed by atoms with Crippen molar-refractivity contribution >= 4 is 25.7 Å². The predicted molar refractivity (Wildman–Crippen MR) is 191 cm³/mol. The second kappa shape index (κ2) is 16.1. The number of ether oxygens (including phenoxy) is 1. The summed E-state index contributed by atoms with van der Waals surface area (Å²) in [7, 11) is -1.23. The molecule has 3 aromatic heterocycles. The fourth-order valence-electron chi connectivity index (χ4n) is 8.20. The van der Waals surface area contributed by atoms with Crippen LogP contribution in [0.25, 0.3) is 11.1 Å². The van der Waals surface area contributed by atoms with Gasteiger partial charge in [-0.25, -0.2) is 9.67 Å². The number of nitrogens with one attached hydrogen (secondary N) is 1. The molecule has 2 aliphatic carbocycles. The summed E-state index contributed by atoms with van der Waals surface area (Å²) in [5.74, 6) is -1.74. The Morgan fingerprint density at radius 3 is 2.22 bits per heavy atom. The van der Waals surface area contributed by atoms with Crippen LogP contribution in [0.1, 0.15) is 110 Å². The lowest BCUT2D eigenvalue weighted by molar-refractivity contribution is -0.121. The summed E-state index contributed by atoms with van der Waals surface area (Å²) in [6.45, 7) is 13.4. The number of amides is 2. The third-order valence-corrected chi connectivity index (χ3v) is 12.3. The van der Waals surface area contributed by atoms with E-state index in [4.69, 9.17) is 15.0 Å². The van der Waals surface area contributed by atoms with Gasteiger partial charge in [0.1, 0.15) is 24.0 Å². The summed E-state index contributed by atoms with van der Waals surface area (Å²) < 4.78 is 29.5. The summed E-state index contributed by atoms with van der Waals surface area (Å²) >= 11 is 0. The smallest absolute Gasteiger partial charge is 0.254 e. The Hall–Kier alpha value is -3.38. The predicted octanol–water partition coefficient (Wildman–Crippen LogP) is 8.16. The zero-order chi connectivity index (χ0) is 35.3. The molecule has 0 aromatic carbocycles. The number of hydrogen-bond donors (Lipinski definition) is 2. The first-order valence-corrected chi connectivity index (χ1v) is 22.0. The van der Waals surface area contributed by atoms with Gasteiger partial charge in [0.15, 0.2) is 5.76 Å². The lowest BCUT2D eigenvalue weighted by Crippen LogP contribution is -2.39. The number of primary amides is 1. The van der Waals surface area contributed by atoms with Gasteiger partial charge in [-0.2, -0.15) is 9.49 Å². The van der Waals surface area contributed by atoms with E-state index in [9.17, 15) is 9.59 Å². The van der Waals surface area contributed by atoms with Crippen molar-refractivity contribution < 1.29 is 23.2 Å². The number of nitrogens with zero attached hydrogens (tertiary/aromatic N) is 4. The minimum Gasteiger partial charge on any atom is -0.365 e. The third-order valence-electron chi connectivity index (χ3n) is 10.6. The maximum absolute atomic E-state index is 16.0. The van der Waals surface area contributed by atoms with Gasteiger partial charge >= 0.3 is 0 Å². The van der Waals surface area contributed by atoms with Crippen molar-refractivity contribution in [3.05, 3.63) is 46.5 Å². The molecule has 2 aliphatic rings. The van der Waals surface area contributed by atoms with E-state index in [0.717, 1.165) is 63.1 Å². The molecule has 0 aliphatic heterocycles. The van der Waals surface area contributed by atoms with Crippen LogP contribution in [0.3, 0.4) is 0 Å². The maximum atomic E-state index is 16.0. The Morgan fingerprint density at radius 2 is 1.67 bits per heavy atom. The Balaban J connectivity index is 1.45. The lowest BCUT2D eigenvalue weighted by atomic mass is 9.63. The zero-order valence-corrected chi connectivity index (χ0v) is 31.2. The largest absolute Gasteiger partial charge is 0.365 e. The quantitative estimate of drug-likeness (QED) is 0.0986. The van der Waals surface area contributed by atoms with E-state index in [1.165, 1.54) is 12.8 Å². The van der Waals surface area contributed by atoms with Crippen molar-refractivity contribution in [3.8, 4) is 11.1 Å². The summed E-state index contributed by atoms with van der Waals surface area (Å²) in [5, 5.41) is 11.7. The molecule has 10 nitrogen and oxygen atoms in total. The number of rotatable bonds is 14. The molecule has 0 unspecified atom stereocenters. The van der Waals surface area contributed by atoms with Crippen LogP contribution in [0.15, 0.2) is 16.7 Å². The van der Waals surface area contributed by atoms with Crippen LogP contribution in [-0.2, 0) is 22.7 Å². The van der Waals surface area contributed by atoms with Crippen LogP contribution in [0.5, 0.6) is 0 Å². The second-order valence-corrected chi connectivity index (χ2v) is 21.0. The number of carbonyl (C=O) groups excluding carboxylic acids is 2. The topological polar surface area (TPSA) is 138 Å². The molecule has 0 saturated heterocycles. The Bertz CT molecular complexity index is 1580. The molecular formula is C37H55FN6O4Si. The highest BCUT2D eigenvalue weighted by molar-refractivity contribution is 6.76. The molecule has 3 heterocycles. The maximum Gasteiger partial charge on any atom is 0.254 e. The molecule has 0 bridgehead atoms. The average Bonchev–Trinajstić information content (AvgIpc) is 3.60. The van der Waals surface area contributed by atoms with Crippen molar-refractivity contribution in [1.82, 2.24) is 19.9 Å². The van der Waals surface area contributed by atoms with E-state index < -0.39 is 25.8 Å². The van der Waals surface area contributed by atoms with Gasteiger partial charge in [-0.1, -0.05) is 95.9 Å². The number of hydrogen-bond acceptors (Lipinski definition) is 7. The SMILES string of the molecule is CCc1c(-c2ccc(NC(=O)[C@H](c3onc(C)c3C(N)=O)C(C3CCCCC3)C3CCCCC3)nc2F)c(C)nn1COCC[Si](C)(C)C. The molecule has 0 radical (unpaired) electrons. The number of nitrogens with two attached hydrogens (primary N) is 1. The van der Waals surface area contributed by atoms with Gasteiger partial charge in [0, 0.05) is 31.5 Å². The van der Waals surface area contributed by atoms with Gasteiger partial charge in [-0.15, -0.1) is 0 Å². The number of aryl methyl sites for hydroxylation is 2. The molecule has 268 valence electrons. The molecule has 12 heteroatoms. The molecule has 2 amide bonds. The highest BCUT2D eigenvalue weighted by Crippen LogP contribution is 2.48. The van der Waals surface area contributed by atoms with Crippen molar-refractivity contribution in [1.29, 1.82) is 0 Å². The highest BCUT2D eigenvalue weighted by Gasteiger charge is 2.45.